The van der Waals surface area contributed by atoms with Crippen molar-refractivity contribution in [3.05, 3.63) is 29.3 Å². The van der Waals surface area contributed by atoms with Crippen LogP contribution in [0.4, 0.5) is 0 Å². The quantitative estimate of drug-likeness (QED) is 0.639. The highest BCUT2D eigenvalue weighted by Gasteiger charge is 2.54. The number of fused-ring (bicyclic) bond motifs is 1. The van der Waals surface area contributed by atoms with Gasteiger partial charge in [-0.25, -0.2) is 4.98 Å². The number of benzene rings is 1. The Bertz CT molecular complexity index is 830. The second kappa shape index (κ2) is 8.68. The van der Waals surface area contributed by atoms with Crippen molar-refractivity contribution in [2.45, 2.75) is 70.1 Å². The molecular weight excluding hydrogens is 402 g/mol. The highest BCUT2D eigenvalue weighted by molar-refractivity contribution is 7.77. The fraction of sp³-hybridized carbons (Fsp3) is 0.609. The molecule has 0 amide bonds. The molecule has 156 valence electrons. The van der Waals surface area contributed by atoms with E-state index in [4.69, 9.17) is 17.6 Å². The van der Waals surface area contributed by atoms with Crippen LogP contribution in [-0.2, 0) is 22.2 Å². The first-order valence-electron chi connectivity index (χ1n) is 10.8. The number of aliphatic carboxylic acids is 1. The maximum Gasteiger partial charge on any atom is 0.103 e. The summed E-state index contributed by atoms with van der Waals surface area (Å²) in [5.74, 6) is -2.13. The summed E-state index contributed by atoms with van der Waals surface area (Å²) in [6.45, 7) is 0. The SMILES string of the molecule is O=C([S-])C(c1nc2ccccc2s1)C(C(=O)[O-])(C1CCCCC1)C1CCCCC1. The monoisotopic (exact) mass is 429 g/mol. The Morgan fingerprint density at radius 2 is 1.55 bits per heavy atom. The minimum absolute atomic E-state index is 0.0757. The van der Waals surface area contributed by atoms with Crippen molar-refractivity contribution < 1.29 is 14.7 Å². The van der Waals surface area contributed by atoms with Crippen LogP contribution in [-0.4, -0.2) is 16.1 Å². The third kappa shape index (κ3) is 3.70. The minimum atomic E-state index is -1.24. The normalized spacial score (nSPS) is 20.6. The van der Waals surface area contributed by atoms with Crippen LogP contribution in [0.25, 0.3) is 10.2 Å². The largest absolute Gasteiger partial charge is 0.741 e. The van der Waals surface area contributed by atoms with Crippen molar-refractivity contribution in [2.75, 3.05) is 0 Å². The zero-order chi connectivity index (χ0) is 20.4. The first-order chi connectivity index (χ1) is 14.0. The van der Waals surface area contributed by atoms with E-state index in [1.54, 1.807) is 0 Å². The van der Waals surface area contributed by atoms with E-state index in [2.05, 4.69) is 0 Å². The summed E-state index contributed by atoms with van der Waals surface area (Å²) in [5.41, 5.74) is -0.443. The topological polar surface area (TPSA) is 70.1 Å². The lowest BCUT2D eigenvalue weighted by Gasteiger charge is -2.54. The molecule has 2 aliphatic carbocycles. The van der Waals surface area contributed by atoms with Gasteiger partial charge in [0.05, 0.1) is 16.1 Å². The molecule has 0 spiro atoms. The number of carbonyl (C=O) groups is 2. The van der Waals surface area contributed by atoms with Gasteiger partial charge in [0.25, 0.3) is 0 Å². The molecule has 0 bridgehead atoms. The fourth-order valence-corrected chi connectivity index (χ4v) is 7.47. The third-order valence-electron chi connectivity index (χ3n) is 7.19. The Morgan fingerprint density at radius 1 is 1.00 bits per heavy atom. The predicted molar refractivity (Wildman–Crippen MR) is 115 cm³/mol. The van der Waals surface area contributed by atoms with E-state index in [0.29, 0.717) is 5.01 Å². The van der Waals surface area contributed by atoms with Crippen LogP contribution in [0.15, 0.2) is 24.3 Å². The zero-order valence-corrected chi connectivity index (χ0v) is 18.2. The Hall–Kier alpha value is -1.53. The lowest BCUT2D eigenvalue weighted by atomic mass is 9.53. The van der Waals surface area contributed by atoms with Crippen LogP contribution < -0.4 is 5.11 Å². The number of carboxylic acid groups (broad SMARTS) is 1. The first kappa shape index (κ1) is 20.7. The van der Waals surface area contributed by atoms with E-state index >= 15 is 0 Å². The molecule has 2 aromatic rings. The van der Waals surface area contributed by atoms with E-state index in [1.165, 1.54) is 11.3 Å². The van der Waals surface area contributed by atoms with Gasteiger partial charge in [-0.2, -0.15) is 0 Å². The number of aromatic nitrogens is 1. The van der Waals surface area contributed by atoms with Crippen LogP contribution in [0.2, 0.25) is 0 Å². The number of para-hydroxylation sites is 1. The van der Waals surface area contributed by atoms with Crippen LogP contribution in [0, 0.1) is 17.3 Å². The average molecular weight is 430 g/mol. The van der Waals surface area contributed by atoms with E-state index in [9.17, 15) is 14.7 Å². The highest BCUT2D eigenvalue weighted by atomic mass is 32.1. The molecule has 1 atom stereocenters. The summed E-state index contributed by atoms with van der Waals surface area (Å²) in [6, 6.07) is 7.71. The lowest BCUT2D eigenvalue weighted by molar-refractivity contribution is -0.328. The molecule has 1 unspecified atom stereocenters. The zero-order valence-electron chi connectivity index (χ0n) is 16.6. The summed E-state index contributed by atoms with van der Waals surface area (Å²) in [5, 5.41) is 13.1. The molecule has 1 aromatic carbocycles. The summed E-state index contributed by atoms with van der Waals surface area (Å²) >= 11 is 6.65. The molecule has 1 aromatic heterocycles. The van der Waals surface area contributed by atoms with E-state index in [1.807, 2.05) is 24.3 Å². The summed E-state index contributed by atoms with van der Waals surface area (Å²) < 4.78 is 0.961. The average Bonchev–Trinajstić information content (AvgIpc) is 3.16. The molecule has 29 heavy (non-hydrogen) atoms. The van der Waals surface area contributed by atoms with Gasteiger partial charge in [0.2, 0.25) is 0 Å². The smallest absolute Gasteiger partial charge is 0.103 e. The van der Waals surface area contributed by atoms with Crippen LogP contribution >= 0.6 is 11.3 Å². The van der Waals surface area contributed by atoms with E-state index < -0.39 is 22.4 Å². The van der Waals surface area contributed by atoms with Crippen molar-refractivity contribution in [3.63, 3.8) is 0 Å². The van der Waals surface area contributed by atoms with Gasteiger partial charge in [-0.05, 0) is 49.7 Å². The van der Waals surface area contributed by atoms with Crippen molar-refractivity contribution in [3.8, 4) is 0 Å². The molecule has 0 aliphatic heterocycles. The van der Waals surface area contributed by atoms with Gasteiger partial charge in [0, 0.05) is 16.5 Å². The lowest BCUT2D eigenvalue weighted by Crippen LogP contribution is -2.57. The van der Waals surface area contributed by atoms with Crippen LogP contribution in [0.1, 0.15) is 75.1 Å². The molecule has 0 saturated heterocycles. The van der Waals surface area contributed by atoms with Crippen molar-refractivity contribution in [1.82, 2.24) is 4.98 Å². The minimum Gasteiger partial charge on any atom is -0.741 e. The summed E-state index contributed by atoms with van der Waals surface area (Å²) in [4.78, 5) is 30.7. The van der Waals surface area contributed by atoms with Crippen LogP contribution in [0.3, 0.4) is 0 Å². The number of carbonyl (C=O) groups excluding carboxylic acids is 2. The highest BCUT2D eigenvalue weighted by Crippen LogP contribution is 2.57. The van der Waals surface area contributed by atoms with Gasteiger partial charge < -0.3 is 27.3 Å². The molecule has 4 rings (SSSR count). The second-order valence-electron chi connectivity index (χ2n) is 8.66. The maximum atomic E-state index is 13.0. The molecule has 4 nitrogen and oxygen atoms in total. The van der Waals surface area contributed by atoms with Crippen molar-refractivity contribution >= 4 is 45.3 Å². The molecule has 0 N–H and O–H groups in total. The maximum absolute atomic E-state index is 13.0. The van der Waals surface area contributed by atoms with Gasteiger partial charge >= 0.3 is 0 Å². The van der Waals surface area contributed by atoms with Gasteiger partial charge in [-0.15, -0.1) is 11.3 Å². The molecule has 2 fully saturated rings. The van der Waals surface area contributed by atoms with Crippen LogP contribution in [0.5, 0.6) is 0 Å². The Labute approximate surface area is 181 Å². The number of carboxylic acids is 1. The van der Waals surface area contributed by atoms with E-state index in [-0.39, 0.29) is 11.8 Å². The standard InChI is InChI=1S/C23H29NO3S2/c25-21(28)19(20-24-17-13-7-8-14-18(17)29-20)23(22(26)27,15-9-3-1-4-10-15)16-11-5-2-6-12-16/h7-8,13-16,19H,1-6,9-12H2,(H,25,28)(H,26,27)/p-2. The number of hydrogen-bond donors (Lipinski definition) is 0. The molecule has 1 heterocycles. The van der Waals surface area contributed by atoms with Gasteiger partial charge in [-0.3, -0.25) is 0 Å². The number of thiazole rings is 1. The molecule has 2 aliphatic rings. The van der Waals surface area contributed by atoms with Crippen molar-refractivity contribution in [1.29, 1.82) is 0 Å². The second-order valence-corrected chi connectivity index (χ2v) is 10.1. The predicted octanol–water partition coefficient (Wildman–Crippen LogP) is 4.35. The number of hydrogen-bond acceptors (Lipinski definition) is 6. The number of nitrogens with zero attached hydrogens (tertiary/aromatic N) is 1. The Kier molecular flexibility index (Phi) is 6.21. The molecule has 0 radical (unpaired) electrons. The van der Waals surface area contributed by atoms with Gasteiger partial charge in [0.1, 0.15) is 5.01 Å². The third-order valence-corrected chi connectivity index (χ3v) is 8.52. The van der Waals surface area contributed by atoms with E-state index in [0.717, 1.165) is 74.4 Å². The Balaban J connectivity index is 1.89. The Morgan fingerprint density at radius 3 is 2.03 bits per heavy atom. The first-order valence-corrected chi connectivity index (χ1v) is 12.1. The molecule has 2 saturated carbocycles. The number of rotatable bonds is 6. The van der Waals surface area contributed by atoms with Crippen molar-refractivity contribution in [2.24, 2.45) is 17.3 Å². The molecule has 6 heteroatoms. The van der Waals surface area contributed by atoms with Gasteiger partial charge in [-0.1, -0.05) is 50.7 Å². The summed E-state index contributed by atoms with van der Waals surface area (Å²) in [7, 11) is 0. The molecular formula is C23H27NO3S2-2. The van der Waals surface area contributed by atoms with Gasteiger partial charge in [0.15, 0.2) is 0 Å². The summed E-state index contributed by atoms with van der Waals surface area (Å²) in [6.07, 6.45) is 9.58. The fourth-order valence-electron chi connectivity index (χ4n) is 5.93.